The van der Waals surface area contributed by atoms with Crippen LogP contribution in [0.3, 0.4) is 0 Å². The molecular weight excluding hydrogens is 656 g/mol. The van der Waals surface area contributed by atoms with Crippen LogP contribution >= 0.6 is 31.9 Å². The molecule has 0 spiro atoms. The van der Waals surface area contributed by atoms with E-state index in [9.17, 15) is 14.7 Å². The van der Waals surface area contributed by atoms with E-state index in [0.717, 1.165) is 32.3 Å². The summed E-state index contributed by atoms with van der Waals surface area (Å²) in [4.78, 5) is 23.0. The van der Waals surface area contributed by atoms with Crippen LogP contribution in [0.5, 0.6) is 11.5 Å². The van der Waals surface area contributed by atoms with Crippen molar-refractivity contribution in [3.8, 4) is 11.5 Å². The molecule has 2 N–H and O–H groups in total. The summed E-state index contributed by atoms with van der Waals surface area (Å²) >= 11 is 6.64. The number of rotatable bonds is 10. The van der Waals surface area contributed by atoms with Gasteiger partial charge < -0.3 is 24.4 Å². The molecule has 0 bridgehead atoms. The first-order chi connectivity index (χ1) is 19.1. The first-order valence-electron chi connectivity index (χ1n) is 12.4. The molecule has 2 aromatic rings. The molecule has 0 fully saturated rings. The molecule has 2 aromatic carbocycles. The van der Waals surface area contributed by atoms with Gasteiger partial charge >= 0.3 is 11.9 Å². The lowest BCUT2D eigenvalue weighted by molar-refractivity contribution is 0.0591. The van der Waals surface area contributed by atoms with Crippen LogP contribution in [0.4, 0.5) is 0 Å². The smallest absolute Gasteiger partial charge is 0.337 e. The van der Waals surface area contributed by atoms with E-state index in [-0.39, 0.29) is 18.3 Å². The van der Waals surface area contributed by atoms with Gasteiger partial charge in [-0.2, -0.15) is 0 Å². The van der Waals surface area contributed by atoms with E-state index >= 15 is 0 Å². The molecule has 0 unspecified atom stereocenters. The number of phenols is 1. The summed E-state index contributed by atoms with van der Waals surface area (Å²) < 4.78 is 16.3. The van der Waals surface area contributed by atoms with E-state index in [1.807, 2.05) is 20.8 Å². The first kappa shape index (κ1) is 37.9. The molecule has 0 saturated carbocycles. The number of halogens is 2. The Morgan fingerprint density at radius 3 is 1.54 bits per heavy atom. The van der Waals surface area contributed by atoms with Gasteiger partial charge in [0.15, 0.2) is 0 Å². The van der Waals surface area contributed by atoms with E-state index in [4.69, 9.17) is 14.6 Å². The van der Waals surface area contributed by atoms with Crippen LogP contribution < -0.4 is 4.74 Å². The van der Waals surface area contributed by atoms with Gasteiger partial charge in [0, 0.05) is 5.56 Å². The van der Waals surface area contributed by atoms with E-state index in [1.165, 1.54) is 20.3 Å². The lowest BCUT2D eigenvalue weighted by Gasteiger charge is -2.15. The fraction of sp³-hybridized carbons (Fsp3) is 0.312. The Bertz CT molecular complexity index is 1280. The van der Waals surface area contributed by atoms with Crippen LogP contribution in [0.2, 0.25) is 0 Å². The molecule has 0 amide bonds. The second kappa shape index (κ2) is 19.1. The van der Waals surface area contributed by atoms with Crippen molar-refractivity contribution in [1.29, 1.82) is 0 Å². The molecule has 41 heavy (non-hydrogen) atoms. The number of allylic oxidation sites excluding steroid dienone is 2. The number of aromatic hydroxyl groups is 1. The second-order valence-corrected chi connectivity index (χ2v) is 11.2. The predicted octanol–water partition coefficient (Wildman–Crippen LogP) is 7.92. The van der Waals surface area contributed by atoms with Crippen molar-refractivity contribution in [3.05, 3.63) is 104 Å². The largest absolute Gasteiger partial charge is 0.506 e. The summed E-state index contributed by atoms with van der Waals surface area (Å²) in [5, 5.41) is 17.8. The average molecular weight is 696 g/mol. The normalized spacial score (nSPS) is 9.68. The van der Waals surface area contributed by atoms with Gasteiger partial charge in [0.1, 0.15) is 18.1 Å². The molecule has 224 valence electrons. The lowest BCUT2D eigenvalue weighted by atomic mass is 10.0. The van der Waals surface area contributed by atoms with Gasteiger partial charge in [-0.25, -0.2) is 9.59 Å². The highest BCUT2D eigenvalue weighted by Gasteiger charge is 2.16. The zero-order valence-corrected chi connectivity index (χ0v) is 27.8. The lowest BCUT2D eigenvalue weighted by Crippen LogP contribution is -2.06. The van der Waals surface area contributed by atoms with Crippen molar-refractivity contribution >= 4 is 43.8 Å². The van der Waals surface area contributed by atoms with E-state index < -0.39 is 5.97 Å². The fourth-order valence-corrected chi connectivity index (χ4v) is 4.17. The second-order valence-electron chi connectivity index (χ2n) is 9.52. The van der Waals surface area contributed by atoms with Crippen molar-refractivity contribution in [1.82, 2.24) is 0 Å². The minimum atomic E-state index is -0.427. The number of phenolic OH excluding ortho intramolecular Hbond substituents is 1. The quantitative estimate of drug-likeness (QED) is 0.192. The molecule has 0 saturated heterocycles. The summed E-state index contributed by atoms with van der Waals surface area (Å²) in [6, 6.07) is 6.62. The number of carbonyl (C=O) groups excluding carboxylic acids is 2. The number of ether oxygens (including phenoxy) is 3. The maximum Gasteiger partial charge on any atom is 0.337 e. The molecule has 0 aliphatic heterocycles. The summed E-state index contributed by atoms with van der Waals surface area (Å²) in [5.41, 5.74) is 6.07. The number of carbonyl (C=O) groups is 2. The third-order valence-corrected chi connectivity index (χ3v) is 6.02. The maximum atomic E-state index is 11.7. The van der Waals surface area contributed by atoms with Gasteiger partial charge in [-0.3, -0.25) is 0 Å². The Kier molecular flexibility index (Phi) is 17.6. The highest BCUT2D eigenvalue weighted by Crippen LogP contribution is 2.33. The Morgan fingerprint density at radius 1 is 0.732 bits per heavy atom. The molecule has 0 heterocycles. The summed E-state index contributed by atoms with van der Waals surface area (Å²) in [6.07, 6.45) is 1.16. The van der Waals surface area contributed by atoms with Gasteiger partial charge in [-0.15, -0.1) is 0 Å². The summed E-state index contributed by atoms with van der Waals surface area (Å²) in [5.74, 6) is 0.0445. The molecule has 0 aliphatic rings. The Morgan fingerprint density at radius 2 is 1.15 bits per heavy atom. The zero-order valence-electron chi connectivity index (χ0n) is 24.7. The highest BCUT2D eigenvalue weighted by atomic mass is 79.9. The highest BCUT2D eigenvalue weighted by molar-refractivity contribution is 9.11. The number of aliphatic hydroxyl groups is 1. The van der Waals surface area contributed by atoms with Gasteiger partial charge in [-0.1, -0.05) is 43.0 Å². The van der Waals surface area contributed by atoms with E-state index in [1.54, 1.807) is 25.1 Å². The van der Waals surface area contributed by atoms with Crippen LogP contribution in [0.15, 0.2) is 81.8 Å². The van der Waals surface area contributed by atoms with Crippen molar-refractivity contribution < 1.29 is 34.0 Å². The molecular formula is C32H40Br2O7. The molecule has 0 aromatic heterocycles. The molecule has 2 rings (SSSR count). The molecule has 0 aliphatic carbocycles. The third-order valence-electron chi connectivity index (χ3n) is 4.82. The van der Waals surface area contributed by atoms with Crippen molar-refractivity contribution in [2.45, 2.75) is 40.5 Å². The third kappa shape index (κ3) is 14.4. The van der Waals surface area contributed by atoms with Gasteiger partial charge in [0.25, 0.3) is 0 Å². The van der Waals surface area contributed by atoms with Crippen molar-refractivity contribution in [3.63, 3.8) is 0 Å². The van der Waals surface area contributed by atoms with Crippen LogP contribution in [-0.2, 0) is 22.3 Å². The molecule has 0 atom stereocenters. The SMILES string of the molecule is C=C(C)CO.C=C(C)COc1c(Br)cc(C(=O)OC)cc1CC(=C)C.C=C(C)Cc1cc(C(=O)OC)cc(Br)c1O. The van der Waals surface area contributed by atoms with Crippen LogP contribution in [0.1, 0.15) is 59.5 Å². The topological polar surface area (TPSA) is 102 Å². The number of benzene rings is 2. The number of esters is 2. The molecule has 7 nitrogen and oxygen atoms in total. The van der Waals surface area contributed by atoms with Crippen molar-refractivity contribution in [2.75, 3.05) is 27.4 Å². The predicted molar refractivity (Wildman–Crippen MR) is 172 cm³/mol. The van der Waals surface area contributed by atoms with Crippen LogP contribution in [0, 0.1) is 0 Å². The molecule has 0 radical (unpaired) electrons. The summed E-state index contributed by atoms with van der Waals surface area (Å²) in [7, 11) is 2.68. The van der Waals surface area contributed by atoms with E-state index in [0.29, 0.717) is 46.4 Å². The Hall–Kier alpha value is -3.14. The fourth-order valence-electron chi connectivity index (χ4n) is 3.05. The van der Waals surface area contributed by atoms with Crippen molar-refractivity contribution in [2.24, 2.45) is 0 Å². The average Bonchev–Trinajstić information content (AvgIpc) is 2.89. The number of hydrogen-bond donors (Lipinski definition) is 2. The number of methoxy groups -OCH3 is 2. The number of hydrogen-bond acceptors (Lipinski definition) is 7. The minimum absolute atomic E-state index is 0.111. The first-order valence-corrected chi connectivity index (χ1v) is 14.0. The van der Waals surface area contributed by atoms with E-state index in [2.05, 4.69) is 62.9 Å². The van der Waals surface area contributed by atoms with Gasteiger partial charge in [0.05, 0.1) is 40.9 Å². The van der Waals surface area contributed by atoms with Crippen LogP contribution in [0.25, 0.3) is 0 Å². The summed E-state index contributed by atoms with van der Waals surface area (Å²) in [6.45, 7) is 22.9. The zero-order chi connectivity index (χ0) is 31.9. The van der Waals surface area contributed by atoms with Gasteiger partial charge in [-0.05, 0) is 108 Å². The maximum absolute atomic E-state index is 11.7. The van der Waals surface area contributed by atoms with Crippen LogP contribution in [-0.4, -0.2) is 49.6 Å². The molecule has 9 heteroatoms. The number of aliphatic hydroxyl groups excluding tert-OH is 1. The Balaban J connectivity index is 0.000000681. The Labute approximate surface area is 260 Å². The monoisotopic (exact) mass is 694 g/mol. The minimum Gasteiger partial charge on any atom is -0.506 e. The standard InChI is InChI=1S/C16H19BrO3.C12H13BrO3.C4H8O/c1-10(2)6-12-7-13(16(18)19-5)8-14(17)15(12)20-9-11(3)4;1-7(2)4-8-5-9(12(15)16-3)6-10(13)11(8)14;1-4(2)3-5/h7-8H,1,3,6,9H2,2,4-5H3;5-6,14H,1,4H2,2-3H3;5H,1,3H2,2H3. The van der Waals surface area contributed by atoms with Gasteiger partial charge in [0.2, 0.25) is 0 Å².